The van der Waals surface area contributed by atoms with E-state index < -0.39 is 10.0 Å². The normalized spacial score (nSPS) is 16.8. The smallest absolute Gasteiger partial charge is 0.268 e. The summed E-state index contributed by atoms with van der Waals surface area (Å²) in [6, 6.07) is 15.3. The average molecular weight is 440 g/mol. The van der Waals surface area contributed by atoms with Gasteiger partial charge in [0.25, 0.3) is 10.0 Å². The molecule has 1 aromatic heterocycles. The Labute approximate surface area is 186 Å². The van der Waals surface area contributed by atoms with Gasteiger partial charge >= 0.3 is 0 Å². The van der Waals surface area contributed by atoms with Gasteiger partial charge in [-0.15, -0.1) is 0 Å². The molecule has 5 nitrogen and oxygen atoms in total. The molecule has 0 saturated carbocycles. The highest BCUT2D eigenvalue weighted by Gasteiger charge is 2.22. The van der Waals surface area contributed by atoms with Crippen molar-refractivity contribution in [2.45, 2.75) is 44.6 Å². The summed E-state index contributed by atoms with van der Waals surface area (Å²) < 4.78 is 28.2. The second-order valence-corrected chi connectivity index (χ2v) is 11.3. The maximum absolute atomic E-state index is 13.4. The standard InChI is InChI=1S/C25H33N3O2S/c1-5-26-13-15-27(16-14-26)19-20-9-10-24-21(17-20)11-12-28(24)31(29,30)23-8-6-7-22(18-23)25(2,3)4/h6-12,17-18H,5,13-16,19H2,1-4H3. The molecule has 0 spiro atoms. The number of aromatic nitrogens is 1. The lowest BCUT2D eigenvalue weighted by Gasteiger charge is -2.34. The maximum Gasteiger partial charge on any atom is 0.268 e. The molecule has 6 heteroatoms. The first kappa shape index (κ1) is 22.1. The van der Waals surface area contributed by atoms with E-state index in [1.54, 1.807) is 18.3 Å². The van der Waals surface area contributed by atoms with Crippen LogP contribution in [0.25, 0.3) is 10.9 Å². The average Bonchev–Trinajstić information content (AvgIpc) is 3.18. The second-order valence-electron chi connectivity index (χ2n) is 9.50. The van der Waals surface area contributed by atoms with Gasteiger partial charge in [-0.3, -0.25) is 4.90 Å². The summed E-state index contributed by atoms with van der Waals surface area (Å²) in [6.07, 6.45) is 1.67. The monoisotopic (exact) mass is 439 g/mol. The zero-order valence-electron chi connectivity index (χ0n) is 19.0. The Morgan fingerprint density at radius 1 is 0.903 bits per heavy atom. The maximum atomic E-state index is 13.4. The number of rotatable bonds is 5. The SMILES string of the molecule is CCN1CCN(Cc2ccc3c(ccn3S(=O)(=O)c3cccc(C(C)(C)C)c3)c2)CC1. The minimum absolute atomic E-state index is 0.109. The third kappa shape index (κ3) is 4.56. The Hall–Kier alpha value is -2.15. The number of nitrogens with zero attached hydrogens (tertiary/aromatic N) is 3. The molecule has 1 saturated heterocycles. The van der Waals surface area contributed by atoms with Crippen LogP contribution < -0.4 is 0 Å². The summed E-state index contributed by atoms with van der Waals surface area (Å²) in [5.74, 6) is 0. The van der Waals surface area contributed by atoms with Gasteiger partial charge in [-0.25, -0.2) is 12.4 Å². The van der Waals surface area contributed by atoms with Crippen LogP contribution in [-0.2, 0) is 22.0 Å². The van der Waals surface area contributed by atoms with E-state index >= 15 is 0 Å². The third-order valence-electron chi connectivity index (χ3n) is 6.29. The van der Waals surface area contributed by atoms with Gasteiger partial charge < -0.3 is 4.90 Å². The largest absolute Gasteiger partial charge is 0.301 e. The first-order valence-corrected chi connectivity index (χ1v) is 12.5. The summed E-state index contributed by atoms with van der Waals surface area (Å²) in [5.41, 5.74) is 2.85. The molecule has 31 heavy (non-hydrogen) atoms. The van der Waals surface area contributed by atoms with Crippen molar-refractivity contribution in [1.82, 2.24) is 13.8 Å². The Bertz CT molecular complexity index is 1170. The van der Waals surface area contributed by atoms with E-state index in [0.29, 0.717) is 4.90 Å². The minimum Gasteiger partial charge on any atom is -0.301 e. The number of likely N-dealkylation sites (N-methyl/N-ethyl adjacent to an activating group) is 1. The van der Waals surface area contributed by atoms with E-state index in [-0.39, 0.29) is 5.41 Å². The minimum atomic E-state index is -3.65. The van der Waals surface area contributed by atoms with Crippen LogP contribution in [0.15, 0.2) is 59.6 Å². The summed E-state index contributed by atoms with van der Waals surface area (Å²) in [4.78, 5) is 5.27. The van der Waals surface area contributed by atoms with E-state index in [2.05, 4.69) is 49.6 Å². The predicted octanol–water partition coefficient (Wildman–Crippen LogP) is 4.31. The van der Waals surface area contributed by atoms with Crippen molar-refractivity contribution >= 4 is 20.9 Å². The van der Waals surface area contributed by atoms with Crippen LogP contribution in [0.3, 0.4) is 0 Å². The van der Waals surface area contributed by atoms with Gasteiger partial charge in [-0.2, -0.15) is 0 Å². The Balaban J connectivity index is 1.60. The zero-order chi connectivity index (χ0) is 22.2. The van der Waals surface area contributed by atoms with Crippen molar-refractivity contribution in [3.63, 3.8) is 0 Å². The number of hydrogen-bond donors (Lipinski definition) is 0. The van der Waals surface area contributed by atoms with Crippen molar-refractivity contribution in [3.8, 4) is 0 Å². The number of piperazine rings is 1. The highest BCUT2D eigenvalue weighted by atomic mass is 32.2. The molecule has 0 amide bonds. The van der Waals surface area contributed by atoms with Gasteiger partial charge in [0.1, 0.15) is 0 Å². The van der Waals surface area contributed by atoms with Gasteiger partial charge in [0.2, 0.25) is 0 Å². The van der Waals surface area contributed by atoms with Crippen molar-refractivity contribution in [1.29, 1.82) is 0 Å². The summed E-state index contributed by atoms with van der Waals surface area (Å²) in [5, 5.41) is 0.959. The second kappa shape index (κ2) is 8.41. The van der Waals surface area contributed by atoms with E-state index in [9.17, 15) is 8.42 Å². The van der Waals surface area contributed by atoms with Gasteiger partial charge in [0.05, 0.1) is 10.4 Å². The van der Waals surface area contributed by atoms with Crippen LogP contribution in [-0.4, -0.2) is 54.9 Å². The quantitative estimate of drug-likeness (QED) is 0.594. The fraction of sp³-hybridized carbons (Fsp3) is 0.440. The summed E-state index contributed by atoms with van der Waals surface area (Å²) >= 11 is 0. The van der Waals surface area contributed by atoms with E-state index in [1.165, 1.54) is 9.54 Å². The topological polar surface area (TPSA) is 45.5 Å². The molecule has 0 N–H and O–H groups in total. The van der Waals surface area contributed by atoms with E-state index in [0.717, 1.165) is 55.7 Å². The van der Waals surface area contributed by atoms with Crippen LogP contribution >= 0.6 is 0 Å². The number of benzene rings is 2. The van der Waals surface area contributed by atoms with Gasteiger partial charge in [-0.1, -0.05) is 45.9 Å². The zero-order valence-corrected chi connectivity index (χ0v) is 19.8. The molecule has 0 aliphatic carbocycles. The Kier molecular flexibility index (Phi) is 5.99. The molecule has 3 aromatic rings. The van der Waals surface area contributed by atoms with Crippen LogP contribution in [0.1, 0.15) is 38.8 Å². The molecule has 0 radical (unpaired) electrons. The molecule has 0 bridgehead atoms. The number of fused-ring (bicyclic) bond motifs is 1. The van der Waals surface area contributed by atoms with Crippen molar-refractivity contribution in [2.24, 2.45) is 0 Å². The van der Waals surface area contributed by atoms with Crippen LogP contribution in [0.4, 0.5) is 0 Å². The van der Waals surface area contributed by atoms with Crippen LogP contribution in [0.2, 0.25) is 0 Å². The lowest BCUT2D eigenvalue weighted by molar-refractivity contribution is 0.132. The molecule has 1 aliphatic heterocycles. The molecule has 2 aromatic carbocycles. The lowest BCUT2D eigenvalue weighted by Crippen LogP contribution is -2.45. The van der Waals surface area contributed by atoms with Crippen molar-refractivity contribution in [2.75, 3.05) is 32.7 Å². The third-order valence-corrected chi connectivity index (χ3v) is 7.98. The van der Waals surface area contributed by atoms with Gasteiger partial charge in [0, 0.05) is 44.3 Å². The highest BCUT2D eigenvalue weighted by molar-refractivity contribution is 7.90. The summed E-state index contributed by atoms with van der Waals surface area (Å²) in [6.45, 7) is 14.9. The van der Waals surface area contributed by atoms with Gasteiger partial charge in [0.15, 0.2) is 0 Å². The van der Waals surface area contributed by atoms with E-state index in [4.69, 9.17) is 0 Å². The molecule has 4 rings (SSSR count). The van der Waals surface area contributed by atoms with Crippen LogP contribution in [0, 0.1) is 0 Å². The van der Waals surface area contributed by atoms with Crippen molar-refractivity contribution < 1.29 is 8.42 Å². The highest BCUT2D eigenvalue weighted by Crippen LogP contribution is 2.28. The van der Waals surface area contributed by atoms with Crippen molar-refractivity contribution in [3.05, 3.63) is 65.9 Å². The molecular formula is C25H33N3O2S. The first-order chi connectivity index (χ1) is 14.7. The molecule has 0 unspecified atom stereocenters. The molecule has 0 atom stereocenters. The molecular weight excluding hydrogens is 406 g/mol. The summed E-state index contributed by atoms with van der Waals surface area (Å²) in [7, 11) is -3.65. The predicted molar refractivity (Wildman–Crippen MR) is 127 cm³/mol. The van der Waals surface area contributed by atoms with E-state index in [1.807, 2.05) is 24.3 Å². The first-order valence-electron chi connectivity index (χ1n) is 11.1. The lowest BCUT2D eigenvalue weighted by atomic mass is 9.87. The molecule has 2 heterocycles. The van der Waals surface area contributed by atoms with Crippen LogP contribution in [0.5, 0.6) is 0 Å². The molecule has 1 fully saturated rings. The van der Waals surface area contributed by atoms with Gasteiger partial charge in [-0.05, 0) is 53.4 Å². The fourth-order valence-electron chi connectivity index (χ4n) is 4.23. The Morgan fingerprint density at radius 2 is 1.61 bits per heavy atom. The fourth-order valence-corrected chi connectivity index (χ4v) is 5.63. The molecule has 166 valence electrons. The molecule has 1 aliphatic rings. The Morgan fingerprint density at radius 3 is 2.29 bits per heavy atom. The number of hydrogen-bond acceptors (Lipinski definition) is 4.